The molecule has 0 saturated carbocycles. The lowest BCUT2D eigenvalue weighted by Crippen LogP contribution is -2.38. The molecule has 0 heterocycles. The molecular formula is C15H24BrFN2. The maximum absolute atomic E-state index is 14.0. The van der Waals surface area contributed by atoms with E-state index in [0.29, 0.717) is 24.1 Å². The highest BCUT2D eigenvalue weighted by Crippen LogP contribution is 2.27. The zero-order valence-corrected chi connectivity index (χ0v) is 13.7. The number of nitrogens with zero attached hydrogens (tertiary/aromatic N) is 1. The summed E-state index contributed by atoms with van der Waals surface area (Å²) in [5.74, 6) is 0.422. The zero-order chi connectivity index (χ0) is 14.6. The number of likely N-dealkylation sites (N-methyl/N-ethyl adjacent to an activating group) is 1. The van der Waals surface area contributed by atoms with Gasteiger partial charge in [0.2, 0.25) is 0 Å². The molecule has 1 aromatic rings. The first-order valence-corrected chi connectivity index (χ1v) is 7.53. The number of halogens is 2. The lowest BCUT2D eigenvalue weighted by Gasteiger charge is -2.34. The van der Waals surface area contributed by atoms with Crippen LogP contribution < -0.4 is 5.73 Å². The van der Waals surface area contributed by atoms with Gasteiger partial charge in [-0.05, 0) is 44.5 Å². The number of hydrogen-bond donors (Lipinski definition) is 1. The topological polar surface area (TPSA) is 29.3 Å². The molecule has 0 bridgehead atoms. The monoisotopic (exact) mass is 330 g/mol. The van der Waals surface area contributed by atoms with Gasteiger partial charge in [-0.2, -0.15) is 0 Å². The second-order valence-corrected chi connectivity index (χ2v) is 6.48. The molecule has 0 aliphatic rings. The van der Waals surface area contributed by atoms with Crippen LogP contribution in [0.2, 0.25) is 0 Å². The van der Waals surface area contributed by atoms with Crippen molar-refractivity contribution in [2.75, 3.05) is 13.6 Å². The minimum absolute atomic E-state index is 0.0914. The average Bonchev–Trinajstić information content (AvgIpc) is 2.33. The van der Waals surface area contributed by atoms with Gasteiger partial charge in [-0.3, -0.25) is 4.90 Å². The smallest absolute Gasteiger partial charge is 0.128 e. The summed E-state index contributed by atoms with van der Waals surface area (Å²) in [5.41, 5.74) is 6.53. The number of rotatable bonds is 6. The first-order chi connectivity index (χ1) is 8.86. The van der Waals surface area contributed by atoms with Crippen LogP contribution in [-0.4, -0.2) is 24.5 Å². The van der Waals surface area contributed by atoms with Crippen LogP contribution in [0.25, 0.3) is 0 Å². The number of hydrogen-bond acceptors (Lipinski definition) is 2. The van der Waals surface area contributed by atoms with Gasteiger partial charge in [0, 0.05) is 28.7 Å². The highest BCUT2D eigenvalue weighted by atomic mass is 79.9. The first-order valence-electron chi connectivity index (χ1n) is 6.73. The van der Waals surface area contributed by atoms with E-state index >= 15 is 0 Å². The normalized spacial score (nSPS) is 15.0. The second-order valence-electron chi connectivity index (χ2n) is 5.56. The summed E-state index contributed by atoms with van der Waals surface area (Å²) >= 11 is 3.39. The highest BCUT2D eigenvalue weighted by Gasteiger charge is 2.23. The Balaban J connectivity index is 2.96. The maximum atomic E-state index is 14.0. The molecule has 0 radical (unpaired) electrons. The van der Waals surface area contributed by atoms with E-state index < -0.39 is 0 Å². The van der Waals surface area contributed by atoms with Crippen LogP contribution in [0.3, 0.4) is 0 Å². The summed E-state index contributed by atoms with van der Waals surface area (Å²) in [6.45, 7) is 6.97. The highest BCUT2D eigenvalue weighted by molar-refractivity contribution is 9.10. The lowest BCUT2D eigenvalue weighted by molar-refractivity contribution is 0.166. The van der Waals surface area contributed by atoms with Gasteiger partial charge in [0.05, 0.1) is 0 Å². The van der Waals surface area contributed by atoms with Crippen molar-refractivity contribution < 1.29 is 4.39 Å². The third kappa shape index (κ3) is 4.55. The summed E-state index contributed by atoms with van der Waals surface area (Å²) in [6, 6.07) is 5.30. The molecule has 2 nitrogen and oxygen atoms in total. The van der Waals surface area contributed by atoms with Crippen LogP contribution in [0.5, 0.6) is 0 Å². The first kappa shape index (κ1) is 16.6. The predicted octanol–water partition coefficient (Wildman–Crippen LogP) is 3.95. The molecule has 19 heavy (non-hydrogen) atoms. The molecule has 0 aliphatic carbocycles. The van der Waals surface area contributed by atoms with E-state index in [-0.39, 0.29) is 11.9 Å². The van der Waals surface area contributed by atoms with Gasteiger partial charge >= 0.3 is 0 Å². The van der Waals surface area contributed by atoms with E-state index in [2.05, 4.69) is 41.6 Å². The molecule has 1 aromatic carbocycles. The van der Waals surface area contributed by atoms with Gasteiger partial charge in [0.15, 0.2) is 0 Å². The minimum Gasteiger partial charge on any atom is -0.329 e. The lowest BCUT2D eigenvalue weighted by atomic mass is 9.99. The summed E-state index contributed by atoms with van der Waals surface area (Å²) in [4.78, 5) is 2.17. The van der Waals surface area contributed by atoms with Gasteiger partial charge < -0.3 is 5.73 Å². The zero-order valence-electron chi connectivity index (χ0n) is 12.2. The van der Waals surface area contributed by atoms with Gasteiger partial charge in [0.1, 0.15) is 5.82 Å². The van der Waals surface area contributed by atoms with Gasteiger partial charge in [-0.25, -0.2) is 4.39 Å². The van der Waals surface area contributed by atoms with E-state index in [9.17, 15) is 4.39 Å². The van der Waals surface area contributed by atoms with E-state index in [4.69, 9.17) is 5.73 Å². The molecule has 2 N–H and O–H groups in total. The van der Waals surface area contributed by atoms with Crippen molar-refractivity contribution in [1.29, 1.82) is 0 Å². The third-order valence-electron chi connectivity index (χ3n) is 3.54. The number of benzene rings is 1. The fourth-order valence-corrected chi connectivity index (χ4v) is 2.82. The predicted molar refractivity (Wildman–Crippen MR) is 82.6 cm³/mol. The standard InChI is InChI=1S/C15H24BrFN2/c1-10(2)7-11(3)19(4)15(9-18)13-8-12(16)5-6-14(13)17/h5-6,8,10-11,15H,7,9,18H2,1-4H3. The van der Waals surface area contributed by atoms with Crippen molar-refractivity contribution in [1.82, 2.24) is 4.90 Å². The Kier molecular flexibility index (Phi) is 6.43. The minimum atomic E-state index is -0.192. The molecule has 108 valence electrons. The Morgan fingerprint density at radius 2 is 1.95 bits per heavy atom. The van der Waals surface area contributed by atoms with Crippen LogP contribution in [0.15, 0.2) is 22.7 Å². The van der Waals surface area contributed by atoms with E-state index in [1.807, 2.05) is 13.1 Å². The fraction of sp³-hybridized carbons (Fsp3) is 0.600. The largest absolute Gasteiger partial charge is 0.329 e. The van der Waals surface area contributed by atoms with Gasteiger partial charge in [-0.1, -0.05) is 29.8 Å². The Labute approximate surface area is 124 Å². The van der Waals surface area contributed by atoms with Crippen LogP contribution in [-0.2, 0) is 0 Å². The van der Waals surface area contributed by atoms with Crippen molar-refractivity contribution in [3.8, 4) is 0 Å². The second kappa shape index (κ2) is 7.36. The number of nitrogens with two attached hydrogens (primary N) is 1. The van der Waals surface area contributed by atoms with Crippen molar-refractivity contribution in [3.63, 3.8) is 0 Å². The third-order valence-corrected chi connectivity index (χ3v) is 4.03. The van der Waals surface area contributed by atoms with Crippen molar-refractivity contribution >= 4 is 15.9 Å². The quantitative estimate of drug-likeness (QED) is 0.855. The van der Waals surface area contributed by atoms with Crippen molar-refractivity contribution in [2.24, 2.45) is 11.7 Å². The molecule has 4 heteroatoms. The SMILES string of the molecule is CC(C)CC(C)N(C)C(CN)c1cc(Br)ccc1F. The van der Waals surface area contributed by atoms with Crippen LogP contribution >= 0.6 is 15.9 Å². The van der Waals surface area contributed by atoms with Gasteiger partial charge in [0.25, 0.3) is 0 Å². The molecular weight excluding hydrogens is 307 g/mol. The Morgan fingerprint density at radius 1 is 1.32 bits per heavy atom. The summed E-state index contributed by atoms with van der Waals surface area (Å²) in [5, 5.41) is 0. The molecule has 0 saturated heterocycles. The van der Waals surface area contributed by atoms with Crippen molar-refractivity contribution in [2.45, 2.75) is 39.3 Å². The van der Waals surface area contributed by atoms with Crippen LogP contribution in [0.1, 0.15) is 38.8 Å². The Morgan fingerprint density at radius 3 is 2.47 bits per heavy atom. The molecule has 0 fully saturated rings. The molecule has 2 unspecified atom stereocenters. The molecule has 0 amide bonds. The molecule has 0 aliphatic heterocycles. The summed E-state index contributed by atoms with van der Waals surface area (Å²) in [6.07, 6.45) is 1.07. The summed E-state index contributed by atoms with van der Waals surface area (Å²) in [7, 11) is 2.02. The van der Waals surface area contributed by atoms with Gasteiger partial charge in [-0.15, -0.1) is 0 Å². The van der Waals surface area contributed by atoms with E-state index in [1.54, 1.807) is 6.07 Å². The van der Waals surface area contributed by atoms with E-state index in [0.717, 1.165) is 10.9 Å². The Hall–Kier alpha value is -0.450. The van der Waals surface area contributed by atoms with Crippen molar-refractivity contribution in [3.05, 3.63) is 34.1 Å². The summed E-state index contributed by atoms with van der Waals surface area (Å²) < 4.78 is 14.9. The van der Waals surface area contributed by atoms with E-state index in [1.165, 1.54) is 6.07 Å². The molecule has 2 atom stereocenters. The van der Waals surface area contributed by atoms with Crippen LogP contribution in [0.4, 0.5) is 4.39 Å². The molecule has 0 aromatic heterocycles. The molecule has 0 spiro atoms. The molecule has 1 rings (SSSR count). The average molecular weight is 331 g/mol. The Bertz CT molecular complexity index is 409. The van der Waals surface area contributed by atoms with Crippen LogP contribution in [0, 0.1) is 11.7 Å². The fourth-order valence-electron chi connectivity index (χ4n) is 2.44. The maximum Gasteiger partial charge on any atom is 0.128 e.